The van der Waals surface area contributed by atoms with Gasteiger partial charge < -0.3 is 21.1 Å². The molecule has 1 heterocycles. The Kier molecular flexibility index (Phi) is 8.54. The van der Waals surface area contributed by atoms with Gasteiger partial charge in [-0.2, -0.15) is 11.8 Å². The number of aliphatic carboxylic acids is 1. The van der Waals surface area contributed by atoms with Gasteiger partial charge in [-0.1, -0.05) is 35.3 Å². The minimum Gasteiger partial charge on any atom is -0.480 e. The topological polar surface area (TPSA) is 137 Å². The summed E-state index contributed by atoms with van der Waals surface area (Å²) >= 11 is 13.6. The molecule has 0 spiro atoms. The smallest absolute Gasteiger partial charge is 0.326 e. The molecule has 34 heavy (non-hydrogen) atoms. The van der Waals surface area contributed by atoms with Crippen molar-refractivity contribution in [2.45, 2.75) is 12.5 Å². The highest BCUT2D eigenvalue weighted by atomic mass is 35.5. The van der Waals surface area contributed by atoms with Crippen LogP contribution in [0, 0.1) is 0 Å². The molecule has 9 nitrogen and oxygen atoms in total. The first-order valence-electron chi connectivity index (χ1n) is 9.97. The molecule has 12 heteroatoms. The largest absolute Gasteiger partial charge is 0.480 e. The Morgan fingerprint density at radius 3 is 2.24 bits per heavy atom. The van der Waals surface area contributed by atoms with E-state index >= 15 is 0 Å². The summed E-state index contributed by atoms with van der Waals surface area (Å²) in [5.74, 6) is -0.925. The van der Waals surface area contributed by atoms with Crippen molar-refractivity contribution in [3.05, 3.63) is 78.3 Å². The van der Waals surface area contributed by atoms with Gasteiger partial charge in [-0.3, -0.25) is 19.4 Å². The lowest BCUT2D eigenvalue weighted by molar-refractivity contribution is -0.137. The summed E-state index contributed by atoms with van der Waals surface area (Å²) in [6.07, 6.45) is 4.62. The Hall–Kier alpha value is -3.08. The molecule has 1 atom stereocenters. The molecule has 0 radical (unpaired) electrons. The summed E-state index contributed by atoms with van der Waals surface area (Å²) in [7, 11) is 0. The first-order valence-corrected chi connectivity index (χ1v) is 12.1. The molecule has 0 saturated heterocycles. The number of carbonyl (C=O) groups excluding carboxylic acids is 1. The van der Waals surface area contributed by atoms with E-state index in [4.69, 9.17) is 23.2 Å². The van der Waals surface area contributed by atoms with Crippen LogP contribution in [0.15, 0.2) is 46.2 Å². The van der Waals surface area contributed by atoms with Crippen molar-refractivity contribution in [1.29, 1.82) is 0 Å². The van der Waals surface area contributed by atoms with E-state index in [0.717, 1.165) is 5.75 Å². The molecule has 0 fully saturated rings. The highest BCUT2D eigenvalue weighted by Crippen LogP contribution is 2.29. The third-order valence-corrected chi connectivity index (χ3v) is 6.07. The van der Waals surface area contributed by atoms with E-state index in [-0.39, 0.29) is 33.5 Å². The third-order valence-electron chi connectivity index (χ3n) is 4.88. The Balaban J connectivity index is 1.69. The first-order chi connectivity index (χ1) is 16.2. The summed E-state index contributed by atoms with van der Waals surface area (Å²) in [5, 5.41) is 18.1. The van der Waals surface area contributed by atoms with Crippen LogP contribution in [-0.2, 0) is 11.2 Å². The van der Waals surface area contributed by atoms with Gasteiger partial charge in [0.1, 0.15) is 17.4 Å². The Morgan fingerprint density at radius 2 is 1.65 bits per heavy atom. The molecule has 2 aromatic carbocycles. The minimum atomic E-state index is -1.19. The average molecular weight is 523 g/mol. The van der Waals surface area contributed by atoms with Crippen LogP contribution in [0.2, 0.25) is 10.0 Å². The van der Waals surface area contributed by atoms with Gasteiger partial charge >= 0.3 is 5.97 Å². The number of hydrogen-bond acceptors (Lipinski definition) is 8. The van der Waals surface area contributed by atoms with Crippen molar-refractivity contribution in [2.24, 2.45) is 0 Å². The molecule has 0 aliphatic carbocycles. The second-order valence-electron chi connectivity index (χ2n) is 7.20. The van der Waals surface area contributed by atoms with Crippen molar-refractivity contribution < 1.29 is 14.7 Å². The number of hydrogen-bond donors (Lipinski definition) is 4. The monoisotopic (exact) mass is 522 g/mol. The zero-order valence-electron chi connectivity index (χ0n) is 17.9. The second-order valence-corrected chi connectivity index (χ2v) is 9.00. The Morgan fingerprint density at radius 1 is 1.03 bits per heavy atom. The molecule has 3 rings (SSSR count). The number of thioether (sulfide) groups is 1. The molecule has 4 N–H and O–H groups in total. The van der Waals surface area contributed by atoms with E-state index in [1.807, 2.05) is 6.26 Å². The zero-order chi connectivity index (χ0) is 24.8. The lowest BCUT2D eigenvalue weighted by atomic mass is 10.0. The van der Waals surface area contributed by atoms with E-state index in [2.05, 4.69) is 20.9 Å². The zero-order valence-corrected chi connectivity index (χ0v) is 20.2. The maximum absolute atomic E-state index is 12.5. The summed E-state index contributed by atoms with van der Waals surface area (Å²) in [4.78, 5) is 51.9. The van der Waals surface area contributed by atoms with E-state index in [1.165, 1.54) is 24.5 Å². The van der Waals surface area contributed by atoms with Gasteiger partial charge in [0, 0.05) is 36.7 Å². The van der Waals surface area contributed by atoms with Crippen LogP contribution in [0.5, 0.6) is 0 Å². The fourth-order valence-electron chi connectivity index (χ4n) is 3.09. The molecular weight excluding hydrogens is 503 g/mol. The van der Waals surface area contributed by atoms with Gasteiger partial charge in [0.25, 0.3) is 16.8 Å². The Bertz CT molecular complexity index is 1260. The number of carbonyl (C=O) groups is 2. The predicted molar refractivity (Wildman–Crippen MR) is 136 cm³/mol. The molecule has 0 unspecified atom stereocenters. The SMILES string of the molecule is CSCCNc1c(N[C@@H](Cc2ccc(C(=O)Nc3c(Cl)cncc3Cl)cc2)C(=O)O)c(=O)c1=O. The number of anilines is 3. The molecule has 0 bridgehead atoms. The van der Waals surface area contributed by atoms with Crippen LogP contribution in [-0.4, -0.2) is 46.6 Å². The van der Waals surface area contributed by atoms with Gasteiger partial charge in [-0.15, -0.1) is 0 Å². The van der Waals surface area contributed by atoms with Crippen LogP contribution in [0.3, 0.4) is 0 Å². The number of benzene rings is 1. The molecule has 3 aromatic rings. The number of aromatic nitrogens is 1. The van der Waals surface area contributed by atoms with E-state index in [1.54, 1.807) is 23.9 Å². The minimum absolute atomic E-state index is 0.0162. The molecule has 1 amide bonds. The van der Waals surface area contributed by atoms with Gasteiger partial charge in [-0.25, -0.2) is 4.79 Å². The van der Waals surface area contributed by atoms with Crippen molar-refractivity contribution in [3.63, 3.8) is 0 Å². The molecular formula is C22H20Cl2N4O5S. The van der Waals surface area contributed by atoms with Gasteiger partial charge in [0.05, 0.1) is 15.7 Å². The highest BCUT2D eigenvalue weighted by molar-refractivity contribution is 7.98. The predicted octanol–water partition coefficient (Wildman–Crippen LogP) is 3.12. The number of nitrogens with one attached hydrogen (secondary N) is 3. The van der Waals surface area contributed by atoms with E-state index in [0.29, 0.717) is 17.7 Å². The van der Waals surface area contributed by atoms with E-state index < -0.39 is 28.8 Å². The van der Waals surface area contributed by atoms with Crippen LogP contribution in [0.4, 0.5) is 17.1 Å². The average Bonchev–Trinajstić information content (AvgIpc) is 2.82. The lowest BCUT2D eigenvalue weighted by Gasteiger charge is -2.20. The fraction of sp³-hybridized carbons (Fsp3) is 0.227. The standard InChI is InChI=1S/C22H20Cl2N4O5S/c1-34-7-6-26-17-18(20(30)19(17)29)27-15(22(32)33)8-11-2-4-12(5-3-11)21(31)28-16-13(23)9-25-10-14(16)24/h2-5,9-10,15,26-27H,6-8H2,1H3,(H,32,33)(H,25,28,31)/t15-/m0/s1. The summed E-state index contributed by atoms with van der Waals surface area (Å²) < 4.78 is 0. The number of halogens is 2. The van der Waals surface area contributed by atoms with Crippen LogP contribution >= 0.6 is 35.0 Å². The third kappa shape index (κ3) is 5.88. The number of carboxylic acid groups (broad SMARTS) is 1. The number of carboxylic acids is 1. The van der Waals surface area contributed by atoms with Crippen molar-refractivity contribution in [1.82, 2.24) is 4.98 Å². The van der Waals surface area contributed by atoms with Crippen LogP contribution < -0.4 is 26.8 Å². The quantitative estimate of drug-likeness (QED) is 0.221. The van der Waals surface area contributed by atoms with Crippen molar-refractivity contribution in [3.8, 4) is 0 Å². The summed E-state index contributed by atoms with van der Waals surface area (Å²) in [6, 6.07) is 5.10. The Labute approximate surface area is 208 Å². The fourth-order valence-corrected chi connectivity index (χ4v) is 3.86. The number of amides is 1. The molecule has 0 aliphatic heterocycles. The van der Waals surface area contributed by atoms with Crippen molar-refractivity contribution >= 4 is 63.9 Å². The lowest BCUT2D eigenvalue weighted by Crippen LogP contribution is -2.42. The normalized spacial score (nSPS) is 11.7. The molecule has 0 aliphatic rings. The van der Waals surface area contributed by atoms with Gasteiger partial charge in [0.2, 0.25) is 0 Å². The second kappa shape index (κ2) is 11.4. The maximum Gasteiger partial charge on any atom is 0.326 e. The van der Waals surface area contributed by atoms with Crippen LogP contribution in [0.25, 0.3) is 0 Å². The van der Waals surface area contributed by atoms with Gasteiger partial charge in [-0.05, 0) is 24.0 Å². The summed E-state index contributed by atoms with van der Waals surface area (Å²) in [6.45, 7) is 0.470. The number of pyridine rings is 1. The maximum atomic E-state index is 12.5. The molecule has 0 saturated carbocycles. The van der Waals surface area contributed by atoms with Gasteiger partial charge in [0.15, 0.2) is 0 Å². The number of rotatable bonds is 11. The first kappa shape index (κ1) is 25.5. The van der Waals surface area contributed by atoms with Crippen molar-refractivity contribution in [2.75, 3.05) is 34.5 Å². The van der Waals surface area contributed by atoms with E-state index in [9.17, 15) is 24.3 Å². The molecule has 178 valence electrons. The molecule has 1 aromatic heterocycles. The highest BCUT2D eigenvalue weighted by Gasteiger charge is 2.26. The van der Waals surface area contributed by atoms with Crippen LogP contribution in [0.1, 0.15) is 15.9 Å². The summed E-state index contributed by atoms with van der Waals surface area (Å²) in [5.41, 5.74) is -0.206. The number of nitrogens with zero attached hydrogens (tertiary/aromatic N) is 1.